The highest BCUT2D eigenvalue weighted by atomic mass is 16.5. The van der Waals surface area contributed by atoms with Crippen molar-refractivity contribution < 1.29 is 9.53 Å². The summed E-state index contributed by atoms with van der Waals surface area (Å²) >= 11 is 0. The van der Waals surface area contributed by atoms with Crippen LogP contribution in [-0.4, -0.2) is 43.6 Å². The van der Waals surface area contributed by atoms with E-state index in [1.54, 1.807) is 11.9 Å². The van der Waals surface area contributed by atoms with Crippen molar-refractivity contribution in [2.75, 3.05) is 26.7 Å². The van der Waals surface area contributed by atoms with E-state index in [0.717, 1.165) is 11.3 Å². The highest BCUT2D eigenvalue weighted by Crippen LogP contribution is 2.15. The molecule has 1 rings (SSSR count). The number of rotatable bonds is 7. The van der Waals surface area contributed by atoms with Gasteiger partial charge in [-0.1, -0.05) is 32.0 Å². The third-order valence-electron chi connectivity index (χ3n) is 2.87. The van der Waals surface area contributed by atoms with Crippen LogP contribution in [0.5, 0.6) is 5.75 Å². The fraction of sp³-hybridized carbons (Fsp3) is 0.533. The van der Waals surface area contributed by atoms with Crippen molar-refractivity contribution in [2.24, 2.45) is 0 Å². The average Bonchev–Trinajstić information content (AvgIpc) is 2.38. The van der Waals surface area contributed by atoms with Crippen LogP contribution in [0.15, 0.2) is 24.3 Å². The summed E-state index contributed by atoms with van der Waals surface area (Å²) < 4.78 is 5.67. The van der Waals surface area contributed by atoms with Gasteiger partial charge >= 0.3 is 0 Å². The zero-order valence-corrected chi connectivity index (χ0v) is 12.3. The van der Waals surface area contributed by atoms with E-state index in [0.29, 0.717) is 25.7 Å². The van der Waals surface area contributed by atoms with Crippen LogP contribution in [-0.2, 0) is 4.79 Å². The average molecular weight is 264 g/mol. The first-order chi connectivity index (χ1) is 9.00. The minimum Gasteiger partial charge on any atom is -0.491 e. The zero-order valence-electron chi connectivity index (χ0n) is 12.3. The first-order valence-corrected chi connectivity index (χ1v) is 6.66. The maximum Gasteiger partial charge on any atom is 0.236 e. The molecule has 0 spiro atoms. The Kier molecular flexibility index (Phi) is 6.36. The molecule has 1 N–H and O–H groups in total. The molecule has 4 nitrogen and oxygen atoms in total. The molecule has 19 heavy (non-hydrogen) atoms. The molecule has 0 saturated heterocycles. The quantitative estimate of drug-likeness (QED) is 0.817. The topological polar surface area (TPSA) is 41.6 Å². The Morgan fingerprint density at radius 1 is 1.37 bits per heavy atom. The lowest BCUT2D eigenvalue weighted by molar-refractivity contribution is -0.129. The Bertz CT molecular complexity index is 405. The molecule has 0 aliphatic rings. The predicted molar refractivity (Wildman–Crippen MR) is 77.4 cm³/mol. The van der Waals surface area contributed by atoms with Gasteiger partial charge in [-0.2, -0.15) is 0 Å². The molecule has 1 amide bonds. The minimum absolute atomic E-state index is 0.0853. The summed E-state index contributed by atoms with van der Waals surface area (Å²) in [4.78, 5) is 13.5. The van der Waals surface area contributed by atoms with Crippen molar-refractivity contribution in [3.8, 4) is 5.75 Å². The summed E-state index contributed by atoms with van der Waals surface area (Å²) in [5, 5.41) is 3.11. The van der Waals surface area contributed by atoms with Crippen molar-refractivity contribution in [2.45, 2.75) is 26.8 Å². The van der Waals surface area contributed by atoms with Crippen LogP contribution >= 0.6 is 0 Å². The number of aryl methyl sites for hydroxylation is 1. The van der Waals surface area contributed by atoms with Crippen molar-refractivity contribution in [3.05, 3.63) is 29.8 Å². The van der Waals surface area contributed by atoms with Gasteiger partial charge in [0, 0.05) is 13.1 Å². The van der Waals surface area contributed by atoms with Gasteiger partial charge in [-0.15, -0.1) is 0 Å². The molecule has 0 bridgehead atoms. The van der Waals surface area contributed by atoms with E-state index in [-0.39, 0.29) is 5.91 Å². The number of likely N-dealkylation sites (N-methyl/N-ethyl adjacent to an activating group) is 1. The largest absolute Gasteiger partial charge is 0.491 e. The highest BCUT2D eigenvalue weighted by molar-refractivity contribution is 5.77. The molecule has 0 fully saturated rings. The summed E-state index contributed by atoms with van der Waals surface area (Å²) in [5.41, 5.74) is 1.11. The number of para-hydroxylation sites is 1. The maximum absolute atomic E-state index is 11.8. The summed E-state index contributed by atoms with van der Waals surface area (Å²) in [7, 11) is 1.80. The summed E-state index contributed by atoms with van der Waals surface area (Å²) in [6.07, 6.45) is 0. The van der Waals surface area contributed by atoms with Crippen LogP contribution in [0.3, 0.4) is 0 Å². The smallest absolute Gasteiger partial charge is 0.236 e. The van der Waals surface area contributed by atoms with E-state index < -0.39 is 0 Å². The number of hydrogen-bond donors (Lipinski definition) is 1. The standard InChI is InChI=1S/C15H24N2O2/c1-12(2)16-11-15(18)17(4)9-10-19-14-8-6-5-7-13(14)3/h5-8,12,16H,9-11H2,1-4H3. The molecule has 1 aromatic carbocycles. The van der Waals surface area contributed by atoms with Gasteiger partial charge in [0.2, 0.25) is 5.91 Å². The number of ether oxygens (including phenoxy) is 1. The predicted octanol–water partition coefficient (Wildman–Crippen LogP) is 1.83. The second-order valence-electron chi connectivity index (χ2n) is 4.96. The van der Waals surface area contributed by atoms with E-state index >= 15 is 0 Å². The first kappa shape index (κ1) is 15.5. The molecular weight excluding hydrogens is 240 g/mol. The molecule has 0 saturated carbocycles. The van der Waals surface area contributed by atoms with E-state index in [1.807, 2.05) is 45.0 Å². The van der Waals surface area contributed by atoms with Gasteiger partial charge in [-0.3, -0.25) is 4.79 Å². The lowest BCUT2D eigenvalue weighted by Gasteiger charge is -2.19. The number of hydrogen-bond acceptors (Lipinski definition) is 3. The third-order valence-corrected chi connectivity index (χ3v) is 2.87. The second-order valence-corrected chi connectivity index (χ2v) is 4.96. The Hall–Kier alpha value is -1.55. The van der Waals surface area contributed by atoms with Gasteiger partial charge in [0.05, 0.1) is 13.1 Å². The number of nitrogens with one attached hydrogen (secondary N) is 1. The Balaban J connectivity index is 2.29. The highest BCUT2D eigenvalue weighted by Gasteiger charge is 2.09. The second kappa shape index (κ2) is 7.79. The van der Waals surface area contributed by atoms with Gasteiger partial charge in [0.1, 0.15) is 12.4 Å². The Morgan fingerprint density at radius 2 is 2.05 bits per heavy atom. The fourth-order valence-corrected chi connectivity index (χ4v) is 1.56. The molecule has 1 aromatic rings. The van der Waals surface area contributed by atoms with Crippen LogP contribution < -0.4 is 10.1 Å². The maximum atomic E-state index is 11.8. The van der Waals surface area contributed by atoms with E-state index in [2.05, 4.69) is 5.32 Å². The third kappa shape index (κ3) is 5.75. The molecule has 0 unspecified atom stereocenters. The van der Waals surface area contributed by atoms with E-state index in [9.17, 15) is 4.79 Å². The normalized spacial score (nSPS) is 10.6. The Morgan fingerprint density at radius 3 is 2.68 bits per heavy atom. The van der Waals surface area contributed by atoms with Crippen LogP contribution in [0.25, 0.3) is 0 Å². The molecule has 0 aliphatic heterocycles. The first-order valence-electron chi connectivity index (χ1n) is 6.66. The number of carbonyl (C=O) groups excluding carboxylic acids is 1. The van der Waals surface area contributed by atoms with Crippen molar-refractivity contribution >= 4 is 5.91 Å². The van der Waals surface area contributed by atoms with E-state index in [1.165, 1.54) is 0 Å². The van der Waals surface area contributed by atoms with Gasteiger partial charge in [0.15, 0.2) is 0 Å². The SMILES string of the molecule is Cc1ccccc1OCCN(C)C(=O)CNC(C)C. The van der Waals surface area contributed by atoms with Crippen LogP contribution in [0.2, 0.25) is 0 Å². The molecule has 0 heterocycles. The van der Waals surface area contributed by atoms with Crippen molar-refractivity contribution in [1.82, 2.24) is 10.2 Å². The number of carbonyl (C=O) groups is 1. The molecule has 0 aromatic heterocycles. The van der Waals surface area contributed by atoms with Gasteiger partial charge < -0.3 is 15.0 Å². The molecule has 0 atom stereocenters. The molecule has 0 radical (unpaired) electrons. The van der Waals surface area contributed by atoms with Gasteiger partial charge in [0.25, 0.3) is 0 Å². The minimum atomic E-state index is 0.0853. The number of benzene rings is 1. The van der Waals surface area contributed by atoms with Crippen LogP contribution in [0.4, 0.5) is 0 Å². The van der Waals surface area contributed by atoms with Crippen molar-refractivity contribution in [3.63, 3.8) is 0 Å². The van der Waals surface area contributed by atoms with E-state index in [4.69, 9.17) is 4.74 Å². The van der Waals surface area contributed by atoms with Crippen LogP contribution in [0.1, 0.15) is 19.4 Å². The monoisotopic (exact) mass is 264 g/mol. The lowest BCUT2D eigenvalue weighted by atomic mass is 10.2. The summed E-state index contributed by atoms with van der Waals surface area (Å²) in [5.74, 6) is 0.964. The van der Waals surface area contributed by atoms with Crippen LogP contribution in [0, 0.1) is 6.92 Å². The number of amides is 1. The molecule has 4 heteroatoms. The fourth-order valence-electron chi connectivity index (χ4n) is 1.56. The summed E-state index contributed by atoms with van der Waals surface area (Å²) in [6, 6.07) is 8.20. The lowest BCUT2D eigenvalue weighted by Crippen LogP contribution is -2.39. The van der Waals surface area contributed by atoms with Gasteiger partial charge in [-0.05, 0) is 18.6 Å². The zero-order chi connectivity index (χ0) is 14.3. The molecular formula is C15H24N2O2. The van der Waals surface area contributed by atoms with Gasteiger partial charge in [-0.25, -0.2) is 0 Å². The molecule has 106 valence electrons. The number of nitrogens with zero attached hydrogens (tertiary/aromatic N) is 1. The molecule has 0 aliphatic carbocycles. The Labute approximate surface area is 115 Å². The van der Waals surface area contributed by atoms with Crippen molar-refractivity contribution in [1.29, 1.82) is 0 Å². The summed E-state index contributed by atoms with van der Waals surface area (Å²) in [6.45, 7) is 7.53.